The fraction of sp³-hybridized carbons (Fsp3) is 0.444. The molecule has 0 heterocycles. The van der Waals surface area contributed by atoms with Gasteiger partial charge in [-0.25, -0.2) is 0 Å². The standard InChI is InChI=1S/C10H15.C8H10O.2ClH.Ti/c1-7-6-10(4,5)9(3)8(7)2;1-6-4-3-5-7(2)8(6)9;;;/h1-5H3;3-5,9H,1-2H3;2*1H;/q;;;;+1/p-1. The normalized spacial score (nSPS) is 16.1. The molecule has 1 aromatic rings. The zero-order chi connectivity index (χ0) is 15.1. The van der Waals surface area contributed by atoms with Crippen LogP contribution in [0.2, 0.25) is 0 Å². The Morgan fingerprint density at radius 3 is 1.77 bits per heavy atom. The summed E-state index contributed by atoms with van der Waals surface area (Å²) in [5, 5.41) is 0. The number of para-hydroxylation sites is 1. The molecule has 1 aliphatic rings. The number of hydrogen-bond acceptors (Lipinski definition) is 1. The van der Waals surface area contributed by atoms with E-state index in [9.17, 15) is 0 Å². The van der Waals surface area contributed by atoms with Gasteiger partial charge in [-0.2, -0.15) is 0 Å². The van der Waals surface area contributed by atoms with E-state index in [0.717, 1.165) is 5.75 Å². The Morgan fingerprint density at radius 1 is 0.864 bits per heavy atom. The van der Waals surface area contributed by atoms with Crippen molar-refractivity contribution in [2.24, 2.45) is 5.41 Å². The molecule has 1 aromatic carbocycles. The van der Waals surface area contributed by atoms with Gasteiger partial charge in [0.25, 0.3) is 0 Å². The van der Waals surface area contributed by atoms with E-state index in [4.69, 9.17) is 3.32 Å². The van der Waals surface area contributed by atoms with Gasteiger partial charge in [-0.1, -0.05) is 0 Å². The molecule has 0 radical (unpaired) electrons. The molecule has 1 nitrogen and oxygen atoms in total. The van der Waals surface area contributed by atoms with Crippen molar-refractivity contribution in [2.45, 2.75) is 48.5 Å². The van der Waals surface area contributed by atoms with Crippen LogP contribution < -0.4 is 3.32 Å². The summed E-state index contributed by atoms with van der Waals surface area (Å²) in [6.45, 7) is 15.7. The Labute approximate surface area is 156 Å². The molecule has 0 amide bonds. The first-order valence-electron chi connectivity index (χ1n) is 7.15. The first-order valence-corrected chi connectivity index (χ1v) is 8.57. The summed E-state index contributed by atoms with van der Waals surface area (Å²) in [5.74, 6) is 1.09. The molecule has 22 heavy (non-hydrogen) atoms. The van der Waals surface area contributed by atoms with Gasteiger partial charge in [-0.15, -0.1) is 24.8 Å². The summed E-state index contributed by atoms with van der Waals surface area (Å²) in [4.78, 5) is 0. The molecule has 0 aliphatic heterocycles. The van der Waals surface area contributed by atoms with Crippen molar-refractivity contribution in [2.75, 3.05) is 0 Å². The largest absolute Gasteiger partial charge is 0.147 e. The zero-order valence-corrected chi connectivity index (χ0v) is 17.7. The molecule has 0 fully saturated rings. The predicted octanol–water partition coefficient (Wildman–Crippen LogP) is 6.17. The summed E-state index contributed by atoms with van der Waals surface area (Å²) in [6.07, 6.45) is 0. The molecular formula is C18H26Cl2OTi. The molecule has 0 saturated carbocycles. The third kappa shape index (κ3) is 3.82. The number of halogens is 2. The minimum Gasteiger partial charge on any atom is -0.147 e. The van der Waals surface area contributed by atoms with E-state index in [1.165, 1.54) is 31.7 Å². The Bertz CT molecular complexity index is 595. The summed E-state index contributed by atoms with van der Waals surface area (Å²) < 4.78 is 7.83. The van der Waals surface area contributed by atoms with Gasteiger partial charge < -0.3 is 0 Å². The Balaban J connectivity index is 0.00000220. The van der Waals surface area contributed by atoms with Gasteiger partial charge in [0.05, 0.1) is 0 Å². The SMILES string of the molecule is CC1=C(C)C(C)(C)[C]([Ti][O]c2c(C)cccc2C)=C1C.Cl.Cl. The Hall–Kier alpha value is -0.206. The summed E-state index contributed by atoms with van der Waals surface area (Å²) in [5.41, 5.74) is 7.06. The van der Waals surface area contributed by atoms with Gasteiger partial charge in [0.1, 0.15) is 0 Å². The number of aryl methyl sites for hydroxylation is 2. The third-order valence-electron chi connectivity index (χ3n) is 4.73. The number of benzene rings is 1. The molecule has 0 aromatic heterocycles. The molecule has 0 unspecified atom stereocenters. The van der Waals surface area contributed by atoms with Crippen LogP contribution in [0, 0.1) is 19.3 Å². The molecular weight excluding hydrogens is 351 g/mol. The van der Waals surface area contributed by atoms with Gasteiger partial charge >= 0.3 is 132 Å². The van der Waals surface area contributed by atoms with Crippen molar-refractivity contribution in [3.05, 3.63) is 49.9 Å². The van der Waals surface area contributed by atoms with E-state index in [2.05, 4.69) is 66.7 Å². The van der Waals surface area contributed by atoms with Gasteiger partial charge in [0.2, 0.25) is 0 Å². The maximum Gasteiger partial charge on any atom is -0.147 e. The van der Waals surface area contributed by atoms with E-state index < -0.39 is 19.5 Å². The molecule has 122 valence electrons. The van der Waals surface area contributed by atoms with Crippen molar-refractivity contribution in [1.82, 2.24) is 0 Å². The smallest absolute Gasteiger partial charge is 0.147 e. The van der Waals surface area contributed by atoms with Crippen LogP contribution >= 0.6 is 24.8 Å². The number of hydrogen-bond donors (Lipinski definition) is 0. The summed E-state index contributed by atoms with van der Waals surface area (Å²) in [6, 6.07) is 6.35. The van der Waals surface area contributed by atoms with Gasteiger partial charge in [-0.3, -0.25) is 0 Å². The second-order valence-electron chi connectivity index (χ2n) is 6.30. The molecule has 2 rings (SSSR count). The van der Waals surface area contributed by atoms with Gasteiger partial charge in [0, 0.05) is 0 Å². The molecule has 0 bridgehead atoms. The zero-order valence-electron chi connectivity index (χ0n) is 14.5. The second-order valence-corrected chi connectivity index (χ2v) is 7.72. The van der Waals surface area contributed by atoms with Crippen molar-refractivity contribution in [3.8, 4) is 5.75 Å². The van der Waals surface area contributed by atoms with E-state index in [0.29, 0.717) is 0 Å². The Morgan fingerprint density at radius 2 is 1.36 bits per heavy atom. The molecule has 0 saturated heterocycles. The van der Waals surface area contributed by atoms with Crippen LogP contribution in [0.4, 0.5) is 0 Å². The van der Waals surface area contributed by atoms with Crippen LogP contribution in [0.3, 0.4) is 0 Å². The monoisotopic (exact) mass is 376 g/mol. The van der Waals surface area contributed by atoms with Crippen LogP contribution in [0.15, 0.2) is 38.8 Å². The van der Waals surface area contributed by atoms with E-state index in [1.807, 2.05) is 0 Å². The van der Waals surface area contributed by atoms with E-state index in [1.54, 1.807) is 0 Å². The summed E-state index contributed by atoms with van der Waals surface area (Å²) >= 11 is -0.590. The Kier molecular flexibility index (Phi) is 7.98. The topological polar surface area (TPSA) is 9.23 Å². The maximum absolute atomic E-state index is 6.29. The van der Waals surface area contributed by atoms with Crippen molar-refractivity contribution in [1.29, 1.82) is 0 Å². The van der Waals surface area contributed by atoms with Gasteiger partial charge in [0.15, 0.2) is 0 Å². The molecule has 0 N–H and O–H groups in total. The van der Waals surface area contributed by atoms with Crippen LogP contribution in [-0.4, -0.2) is 0 Å². The van der Waals surface area contributed by atoms with Gasteiger partial charge in [-0.05, 0) is 0 Å². The van der Waals surface area contributed by atoms with Crippen molar-refractivity contribution >= 4 is 24.8 Å². The van der Waals surface area contributed by atoms with E-state index in [-0.39, 0.29) is 30.2 Å². The van der Waals surface area contributed by atoms with Crippen LogP contribution in [0.5, 0.6) is 5.75 Å². The molecule has 0 atom stereocenters. The fourth-order valence-corrected chi connectivity index (χ4v) is 4.90. The second kappa shape index (κ2) is 8.06. The molecule has 0 spiro atoms. The minimum atomic E-state index is -0.590. The van der Waals surface area contributed by atoms with Crippen LogP contribution in [0.1, 0.15) is 45.7 Å². The quantitative estimate of drug-likeness (QED) is 0.572. The van der Waals surface area contributed by atoms with Crippen molar-refractivity contribution < 1.29 is 22.9 Å². The first kappa shape index (κ1) is 21.8. The average Bonchev–Trinajstić information content (AvgIpc) is 2.52. The number of allylic oxidation sites excluding steroid dienone is 4. The third-order valence-corrected chi connectivity index (χ3v) is 7.08. The maximum atomic E-state index is 6.29. The molecule has 1 aliphatic carbocycles. The van der Waals surface area contributed by atoms with Crippen molar-refractivity contribution in [3.63, 3.8) is 0 Å². The average molecular weight is 377 g/mol. The first-order chi connectivity index (χ1) is 9.26. The minimum absolute atomic E-state index is 0. The fourth-order valence-electron chi connectivity index (χ4n) is 2.86. The van der Waals surface area contributed by atoms with E-state index >= 15 is 0 Å². The molecule has 4 heteroatoms. The number of rotatable bonds is 3. The predicted molar refractivity (Wildman–Crippen MR) is 95.9 cm³/mol. The van der Waals surface area contributed by atoms with Crippen LogP contribution in [0.25, 0.3) is 0 Å². The van der Waals surface area contributed by atoms with Crippen LogP contribution in [-0.2, 0) is 19.5 Å². The summed E-state index contributed by atoms with van der Waals surface area (Å²) in [7, 11) is 0.